The Labute approximate surface area is 75.6 Å². The van der Waals surface area contributed by atoms with Crippen LogP contribution in [0, 0.1) is 0 Å². The van der Waals surface area contributed by atoms with Gasteiger partial charge in [0.05, 0.1) is 10.9 Å². The van der Waals surface area contributed by atoms with E-state index in [1.807, 2.05) is 6.92 Å². The second-order valence-corrected chi connectivity index (χ2v) is 3.78. The first kappa shape index (κ1) is 10.9. The molecule has 3 nitrogen and oxygen atoms in total. The maximum atomic E-state index is 10.9. The lowest BCUT2D eigenvalue weighted by atomic mass is 10.4. The van der Waals surface area contributed by atoms with Crippen LogP contribution >= 0.6 is 15.9 Å². The maximum Gasteiger partial charge on any atom is 0.233 e. The van der Waals surface area contributed by atoms with Crippen LogP contribution in [-0.4, -0.2) is 30.5 Å². The molecular weight excluding hydrogens is 210 g/mol. The number of hydrogen-bond acceptors (Lipinski definition) is 2. The lowest BCUT2D eigenvalue weighted by molar-refractivity contribution is -0.120. The molecule has 66 valence electrons. The number of amides is 1. The van der Waals surface area contributed by atoms with Crippen molar-refractivity contribution in [1.29, 1.82) is 0 Å². The van der Waals surface area contributed by atoms with Crippen molar-refractivity contribution in [3.05, 3.63) is 0 Å². The van der Waals surface area contributed by atoms with Crippen molar-refractivity contribution in [3.8, 4) is 0 Å². The van der Waals surface area contributed by atoms with Gasteiger partial charge < -0.3 is 10.1 Å². The highest BCUT2D eigenvalue weighted by Gasteiger charge is 2.08. The molecule has 1 amide bonds. The van der Waals surface area contributed by atoms with Crippen LogP contribution in [0.3, 0.4) is 0 Å². The zero-order valence-electron chi connectivity index (χ0n) is 7.06. The van der Waals surface area contributed by atoms with Gasteiger partial charge in [-0.15, -0.1) is 0 Å². The summed E-state index contributed by atoms with van der Waals surface area (Å²) in [7, 11) is 1.62. The SMILES string of the molecule is COC(C)CNC(=O)C(C)Br. The first-order chi connectivity index (χ1) is 5.07. The average molecular weight is 224 g/mol. The molecule has 0 radical (unpaired) electrons. The molecule has 2 unspecified atom stereocenters. The van der Waals surface area contributed by atoms with E-state index >= 15 is 0 Å². The van der Waals surface area contributed by atoms with Crippen molar-refractivity contribution in [2.45, 2.75) is 24.8 Å². The van der Waals surface area contributed by atoms with Gasteiger partial charge in [-0.3, -0.25) is 4.79 Å². The van der Waals surface area contributed by atoms with Crippen LogP contribution in [0.1, 0.15) is 13.8 Å². The predicted octanol–water partition coefficient (Wildman–Crippen LogP) is 0.921. The zero-order chi connectivity index (χ0) is 8.85. The number of hydrogen-bond donors (Lipinski definition) is 1. The molecule has 0 saturated carbocycles. The molecule has 0 aromatic carbocycles. The Morgan fingerprint density at radius 2 is 2.18 bits per heavy atom. The first-order valence-corrected chi connectivity index (χ1v) is 4.44. The molecule has 0 aliphatic rings. The summed E-state index contributed by atoms with van der Waals surface area (Å²) in [5.74, 6) is -0.00565. The first-order valence-electron chi connectivity index (χ1n) is 3.52. The van der Waals surface area contributed by atoms with E-state index in [0.29, 0.717) is 6.54 Å². The van der Waals surface area contributed by atoms with E-state index in [1.54, 1.807) is 14.0 Å². The van der Waals surface area contributed by atoms with Crippen LogP contribution in [0.5, 0.6) is 0 Å². The van der Waals surface area contributed by atoms with Gasteiger partial charge in [0, 0.05) is 13.7 Å². The van der Waals surface area contributed by atoms with Crippen molar-refractivity contribution >= 4 is 21.8 Å². The van der Waals surface area contributed by atoms with Crippen molar-refractivity contribution in [2.24, 2.45) is 0 Å². The van der Waals surface area contributed by atoms with E-state index in [4.69, 9.17) is 4.74 Å². The fraction of sp³-hybridized carbons (Fsp3) is 0.857. The van der Waals surface area contributed by atoms with E-state index in [1.165, 1.54) is 0 Å². The fourth-order valence-corrected chi connectivity index (χ4v) is 0.630. The molecule has 0 aliphatic heterocycles. The van der Waals surface area contributed by atoms with Crippen molar-refractivity contribution < 1.29 is 9.53 Å². The number of alkyl halides is 1. The summed E-state index contributed by atoms with van der Waals surface area (Å²) in [6, 6.07) is 0. The molecule has 0 rings (SSSR count). The number of carbonyl (C=O) groups is 1. The molecule has 0 fully saturated rings. The Kier molecular flexibility index (Phi) is 5.50. The van der Waals surface area contributed by atoms with Gasteiger partial charge in [-0.1, -0.05) is 15.9 Å². The van der Waals surface area contributed by atoms with Gasteiger partial charge in [-0.05, 0) is 13.8 Å². The maximum absolute atomic E-state index is 10.9. The van der Waals surface area contributed by atoms with Crippen LogP contribution in [0.15, 0.2) is 0 Å². The van der Waals surface area contributed by atoms with E-state index in [2.05, 4.69) is 21.2 Å². The van der Waals surface area contributed by atoms with Gasteiger partial charge in [-0.2, -0.15) is 0 Å². The minimum atomic E-state index is -0.133. The molecule has 0 aromatic heterocycles. The van der Waals surface area contributed by atoms with Crippen LogP contribution in [0.25, 0.3) is 0 Å². The van der Waals surface area contributed by atoms with E-state index < -0.39 is 0 Å². The summed E-state index contributed by atoms with van der Waals surface area (Å²) >= 11 is 3.16. The van der Waals surface area contributed by atoms with Crippen LogP contribution in [0.2, 0.25) is 0 Å². The highest BCUT2D eigenvalue weighted by molar-refractivity contribution is 9.10. The van der Waals surface area contributed by atoms with Crippen LogP contribution in [0.4, 0.5) is 0 Å². The lowest BCUT2D eigenvalue weighted by Crippen LogP contribution is -2.35. The normalized spacial score (nSPS) is 15.6. The topological polar surface area (TPSA) is 38.3 Å². The molecule has 11 heavy (non-hydrogen) atoms. The number of methoxy groups -OCH3 is 1. The molecule has 4 heteroatoms. The van der Waals surface area contributed by atoms with Gasteiger partial charge in [0.2, 0.25) is 5.91 Å². The number of nitrogens with one attached hydrogen (secondary N) is 1. The Hall–Kier alpha value is -0.0900. The Morgan fingerprint density at radius 1 is 1.64 bits per heavy atom. The third kappa shape index (κ3) is 5.21. The lowest BCUT2D eigenvalue weighted by Gasteiger charge is -2.11. The third-order valence-corrected chi connectivity index (χ3v) is 1.74. The van der Waals surface area contributed by atoms with E-state index in [9.17, 15) is 4.79 Å². The molecule has 0 aromatic rings. The summed E-state index contributed by atoms with van der Waals surface area (Å²) in [4.78, 5) is 10.8. The summed E-state index contributed by atoms with van der Waals surface area (Å²) in [5.41, 5.74) is 0. The highest BCUT2D eigenvalue weighted by Crippen LogP contribution is 1.96. The molecule has 2 atom stereocenters. The Bertz CT molecular complexity index is 128. The minimum Gasteiger partial charge on any atom is -0.380 e. The van der Waals surface area contributed by atoms with E-state index in [0.717, 1.165) is 0 Å². The van der Waals surface area contributed by atoms with Crippen molar-refractivity contribution in [2.75, 3.05) is 13.7 Å². The Morgan fingerprint density at radius 3 is 2.55 bits per heavy atom. The van der Waals surface area contributed by atoms with Crippen LogP contribution in [-0.2, 0) is 9.53 Å². The summed E-state index contributed by atoms with van der Waals surface area (Å²) in [6.07, 6.45) is 0.0743. The smallest absolute Gasteiger partial charge is 0.233 e. The average Bonchev–Trinajstić information content (AvgIpc) is 1.99. The minimum absolute atomic E-state index is 0.00565. The zero-order valence-corrected chi connectivity index (χ0v) is 8.64. The molecular formula is C7H14BrNO2. The molecule has 0 heterocycles. The summed E-state index contributed by atoms with van der Waals surface area (Å²) < 4.78 is 4.95. The van der Waals surface area contributed by atoms with E-state index in [-0.39, 0.29) is 16.8 Å². The standard InChI is InChI=1S/C7H14BrNO2/c1-5(11-3)4-9-7(10)6(2)8/h5-6H,4H2,1-3H3,(H,9,10). The molecule has 0 aliphatic carbocycles. The van der Waals surface area contributed by atoms with Gasteiger partial charge in [-0.25, -0.2) is 0 Å². The largest absolute Gasteiger partial charge is 0.380 e. The third-order valence-electron chi connectivity index (χ3n) is 1.33. The quantitative estimate of drug-likeness (QED) is 0.721. The number of rotatable bonds is 4. The van der Waals surface area contributed by atoms with Gasteiger partial charge in [0.15, 0.2) is 0 Å². The monoisotopic (exact) mass is 223 g/mol. The second-order valence-electron chi connectivity index (χ2n) is 2.41. The number of carbonyl (C=O) groups excluding carboxylic acids is 1. The fourth-order valence-electron chi connectivity index (χ4n) is 0.468. The molecule has 0 saturated heterocycles. The number of halogens is 1. The van der Waals surface area contributed by atoms with Gasteiger partial charge in [0.1, 0.15) is 0 Å². The van der Waals surface area contributed by atoms with Gasteiger partial charge >= 0.3 is 0 Å². The molecule has 0 spiro atoms. The summed E-state index contributed by atoms with van der Waals surface area (Å²) in [5, 5.41) is 2.72. The molecule has 1 N–H and O–H groups in total. The van der Waals surface area contributed by atoms with Crippen molar-refractivity contribution in [3.63, 3.8) is 0 Å². The van der Waals surface area contributed by atoms with Crippen LogP contribution < -0.4 is 5.32 Å². The predicted molar refractivity (Wildman–Crippen MR) is 47.9 cm³/mol. The van der Waals surface area contributed by atoms with Gasteiger partial charge in [0.25, 0.3) is 0 Å². The van der Waals surface area contributed by atoms with Crippen molar-refractivity contribution in [1.82, 2.24) is 5.32 Å². The second kappa shape index (κ2) is 5.55. The summed E-state index contributed by atoms with van der Waals surface area (Å²) in [6.45, 7) is 4.25. The Balaban J connectivity index is 3.46. The molecule has 0 bridgehead atoms. The number of ether oxygens (including phenoxy) is 1. The highest BCUT2D eigenvalue weighted by atomic mass is 79.9.